The molecule has 11 heteroatoms. The number of nitrogens with one attached hydrogen (secondary N) is 2. The van der Waals surface area contributed by atoms with Crippen molar-refractivity contribution in [1.82, 2.24) is 10.0 Å². The van der Waals surface area contributed by atoms with Gasteiger partial charge in [0.2, 0.25) is 11.8 Å². The molecule has 3 N–H and O–H groups in total. The second-order valence-electron chi connectivity index (χ2n) is 10.1. The van der Waals surface area contributed by atoms with Crippen LogP contribution in [0.5, 0.6) is 0 Å². The normalized spacial score (nSPS) is 22.2. The number of carboxylic acid groups (broad SMARTS) is 1. The van der Waals surface area contributed by atoms with Gasteiger partial charge in [0.15, 0.2) is 0 Å². The molecule has 0 bridgehead atoms. The molecule has 2 amide bonds. The average molecular weight is 539 g/mol. The monoisotopic (exact) mass is 538 g/mol. The summed E-state index contributed by atoms with van der Waals surface area (Å²) in [5.41, 5.74) is -0.744. The van der Waals surface area contributed by atoms with E-state index in [2.05, 4.69) is 10.0 Å². The first kappa shape index (κ1) is 29.1. The summed E-state index contributed by atoms with van der Waals surface area (Å²) in [5, 5.41) is 12.8. The van der Waals surface area contributed by atoms with Gasteiger partial charge >= 0.3 is 5.97 Å². The van der Waals surface area contributed by atoms with Gasteiger partial charge in [0.05, 0.1) is 36.0 Å². The molecule has 0 saturated heterocycles. The average Bonchev–Trinajstić information content (AvgIpc) is 3.36. The Morgan fingerprint density at radius 1 is 1.05 bits per heavy atom. The summed E-state index contributed by atoms with van der Waals surface area (Å²) < 4.78 is 37.5. The van der Waals surface area contributed by atoms with Gasteiger partial charge in [-0.3, -0.25) is 14.4 Å². The molecular formula is C26H38N2O8S. The summed E-state index contributed by atoms with van der Waals surface area (Å²) in [7, 11) is -2.38. The quantitative estimate of drug-likeness (QED) is 0.325. The Hall–Kier alpha value is -2.50. The van der Waals surface area contributed by atoms with Gasteiger partial charge in [0, 0.05) is 19.1 Å². The van der Waals surface area contributed by atoms with Gasteiger partial charge < -0.3 is 19.9 Å². The summed E-state index contributed by atoms with van der Waals surface area (Å²) in [5.74, 6) is -2.88. The molecule has 1 aromatic carbocycles. The third-order valence-corrected chi connectivity index (χ3v) is 8.86. The minimum absolute atomic E-state index is 0.0276. The fraction of sp³-hybridized carbons (Fsp3) is 0.654. The van der Waals surface area contributed by atoms with Crippen molar-refractivity contribution >= 4 is 27.8 Å². The number of amides is 2. The van der Waals surface area contributed by atoms with Crippen LogP contribution in [-0.2, 0) is 33.9 Å². The van der Waals surface area contributed by atoms with Crippen LogP contribution in [-0.4, -0.2) is 64.3 Å². The van der Waals surface area contributed by atoms with Gasteiger partial charge in [-0.25, -0.2) is 13.1 Å². The zero-order valence-electron chi connectivity index (χ0n) is 21.3. The van der Waals surface area contributed by atoms with Crippen LogP contribution in [0.3, 0.4) is 0 Å². The van der Waals surface area contributed by atoms with E-state index in [0.29, 0.717) is 51.7 Å². The second-order valence-corrected chi connectivity index (χ2v) is 11.8. The largest absolute Gasteiger partial charge is 0.481 e. The molecule has 0 radical (unpaired) electrons. The Morgan fingerprint density at radius 3 is 2.30 bits per heavy atom. The van der Waals surface area contributed by atoms with Crippen LogP contribution in [0.1, 0.15) is 57.8 Å². The third kappa shape index (κ3) is 7.99. The number of hydrogen-bond acceptors (Lipinski definition) is 7. The molecular weight excluding hydrogens is 500 g/mol. The van der Waals surface area contributed by atoms with Crippen molar-refractivity contribution in [2.24, 2.45) is 17.3 Å². The number of sulfonamides is 1. The molecule has 3 rings (SSSR count). The van der Waals surface area contributed by atoms with Crippen molar-refractivity contribution in [3.63, 3.8) is 0 Å². The number of benzene rings is 1. The Morgan fingerprint density at radius 2 is 1.70 bits per heavy atom. The number of aliphatic carboxylic acids is 1. The molecule has 2 saturated carbocycles. The Labute approximate surface area is 218 Å². The number of carbonyl (C=O) groups excluding carboxylic acids is 2. The molecule has 2 aliphatic rings. The lowest BCUT2D eigenvalue weighted by Crippen LogP contribution is -2.48. The van der Waals surface area contributed by atoms with Crippen LogP contribution in [0.4, 0.5) is 0 Å². The number of methoxy groups -OCH3 is 1. The van der Waals surface area contributed by atoms with Crippen LogP contribution >= 0.6 is 0 Å². The van der Waals surface area contributed by atoms with E-state index in [1.807, 2.05) is 0 Å². The molecule has 37 heavy (non-hydrogen) atoms. The highest BCUT2D eigenvalue weighted by molar-refractivity contribution is 7.90. The molecule has 1 aromatic rings. The van der Waals surface area contributed by atoms with Crippen molar-refractivity contribution in [2.45, 2.75) is 68.7 Å². The minimum Gasteiger partial charge on any atom is -0.481 e. The maximum absolute atomic E-state index is 13.4. The molecule has 2 aliphatic carbocycles. The van der Waals surface area contributed by atoms with E-state index in [1.165, 1.54) is 12.1 Å². The smallest absolute Gasteiger partial charge is 0.308 e. The highest BCUT2D eigenvalue weighted by atomic mass is 32.2. The molecule has 206 valence electrons. The maximum Gasteiger partial charge on any atom is 0.308 e. The fourth-order valence-electron chi connectivity index (χ4n) is 5.35. The number of ether oxygens (including phenoxy) is 2. The molecule has 0 aliphatic heterocycles. The number of carboxylic acids is 1. The number of carbonyl (C=O) groups is 3. The second kappa shape index (κ2) is 13.3. The number of rotatable bonds is 13. The van der Waals surface area contributed by atoms with Gasteiger partial charge in [-0.05, 0) is 57.1 Å². The van der Waals surface area contributed by atoms with Crippen LogP contribution in [0.25, 0.3) is 0 Å². The molecule has 1 atom stereocenters. The van der Waals surface area contributed by atoms with Crippen molar-refractivity contribution < 1.29 is 37.4 Å². The van der Waals surface area contributed by atoms with Gasteiger partial charge in [-0.2, -0.15) is 0 Å². The van der Waals surface area contributed by atoms with Crippen molar-refractivity contribution in [3.8, 4) is 0 Å². The van der Waals surface area contributed by atoms with E-state index in [1.54, 1.807) is 25.3 Å². The summed E-state index contributed by atoms with van der Waals surface area (Å²) in [6.45, 7) is 0.694. The lowest BCUT2D eigenvalue weighted by Gasteiger charge is -2.34. The zero-order chi connectivity index (χ0) is 26.9. The van der Waals surface area contributed by atoms with Crippen LogP contribution < -0.4 is 10.0 Å². The Kier molecular flexibility index (Phi) is 10.5. The van der Waals surface area contributed by atoms with Gasteiger partial charge in [0.1, 0.15) is 0 Å². The van der Waals surface area contributed by atoms with E-state index < -0.39 is 39.2 Å². The molecule has 10 nitrogen and oxygen atoms in total. The predicted molar refractivity (Wildman–Crippen MR) is 135 cm³/mol. The van der Waals surface area contributed by atoms with Crippen molar-refractivity contribution in [2.75, 3.05) is 26.9 Å². The third-order valence-electron chi connectivity index (χ3n) is 7.50. The molecule has 0 heterocycles. The Balaban J connectivity index is 1.53. The highest BCUT2D eigenvalue weighted by Gasteiger charge is 2.45. The Bertz CT molecular complexity index is 1020. The first-order valence-corrected chi connectivity index (χ1v) is 14.4. The van der Waals surface area contributed by atoms with E-state index in [4.69, 9.17) is 9.47 Å². The summed E-state index contributed by atoms with van der Waals surface area (Å²) in [4.78, 5) is 38.0. The first-order valence-electron chi connectivity index (χ1n) is 12.9. The summed E-state index contributed by atoms with van der Waals surface area (Å²) in [6.07, 6.45) is 5.24. The van der Waals surface area contributed by atoms with Crippen LogP contribution in [0.15, 0.2) is 35.2 Å². The van der Waals surface area contributed by atoms with Crippen LogP contribution in [0, 0.1) is 17.3 Å². The summed E-state index contributed by atoms with van der Waals surface area (Å²) in [6, 6.07) is 7.61. The van der Waals surface area contributed by atoms with E-state index >= 15 is 0 Å². The predicted octanol–water partition coefficient (Wildman–Crippen LogP) is 2.48. The van der Waals surface area contributed by atoms with Crippen LogP contribution in [0.2, 0.25) is 0 Å². The lowest BCUT2D eigenvalue weighted by molar-refractivity contribution is -0.147. The first-order chi connectivity index (χ1) is 17.7. The standard InChI is InChI=1S/C26H38N2O8S/c1-35-15-16-36-18-20(24(30)31)17-26(13-5-6-14-26)25(32)27-21-11-9-19(10-12-21)23(29)28-37(33,34)22-7-3-2-4-8-22/h2-4,7-8,19-21H,5-6,9-18H2,1H3,(H,27,32)(H,28,29)(H,30,31). The lowest BCUT2D eigenvalue weighted by atomic mass is 9.76. The summed E-state index contributed by atoms with van der Waals surface area (Å²) >= 11 is 0. The van der Waals surface area contributed by atoms with E-state index in [-0.39, 0.29) is 29.9 Å². The topological polar surface area (TPSA) is 148 Å². The van der Waals surface area contributed by atoms with Gasteiger partial charge in [-0.15, -0.1) is 0 Å². The van der Waals surface area contributed by atoms with Crippen molar-refractivity contribution in [3.05, 3.63) is 30.3 Å². The fourth-order valence-corrected chi connectivity index (χ4v) is 6.41. The molecule has 2 fully saturated rings. The number of hydrogen-bond donors (Lipinski definition) is 3. The zero-order valence-corrected chi connectivity index (χ0v) is 22.1. The molecule has 1 unspecified atom stereocenters. The van der Waals surface area contributed by atoms with Crippen molar-refractivity contribution in [1.29, 1.82) is 0 Å². The van der Waals surface area contributed by atoms with E-state index in [0.717, 1.165) is 12.8 Å². The minimum atomic E-state index is -3.92. The van der Waals surface area contributed by atoms with Gasteiger partial charge in [-0.1, -0.05) is 31.0 Å². The highest BCUT2D eigenvalue weighted by Crippen LogP contribution is 2.44. The SMILES string of the molecule is COCCOCC(CC1(C(=O)NC2CCC(C(=O)NS(=O)(=O)c3ccccc3)CC2)CCCC1)C(=O)O. The van der Waals surface area contributed by atoms with E-state index in [9.17, 15) is 27.9 Å². The van der Waals surface area contributed by atoms with Gasteiger partial charge in [0.25, 0.3) is 10.0 Å². The molecule has 0 spiro atoms. The maximum atomic E-state index is 13.4. The molecule has 0 aromatic heterocycles.